The third-order valence-electron chi connectivity index (χ3n) is 1.79. The lowest BCUT2D eigenvalue weighted by Gasteiger charge is -2.21. The Hall–Kier alpha value is -0.235. The van der Waals surface area contributed by atoms with Crippen molar-refractivity contribution in [3.8, 4) is 0 Å². The fourth-order valence-corrected chi connectivity index (χ4v) is 1.05. The van der Waals surface area contributed by atoms with E-state index in [4.69, 9.17) is 7.98 Å². The van der Waals surface area contributed by atoms with E-state index >= 15 is 0 Å². The van der Waals surface area contributed by atoms with Gasteiger partial charge in [0.25, 0.3) is 0 Å². The molecule has 0 aromatic carbocycles. The predicted molar refractivity (Wildman–Crippen MR) is 40.3 cm³/mol. The minimum Gasteiger partial charge on any atom is -0.350 e. The molecule has 48 valence electrons. The molecule has 0 bridgehead atoms. The Morgan fingerprint density at radius 1 is 1.78 bits per heavy atom. The molecule has 1 nitrogen and oxygen atoms in total. The van der Waals surface area contributed by atoms with Crippen LogP contribution in [0.15, 0.2) is 11.6 Å². The van der Waals surface area contributed by atoms with Crippen LogP contribution in [-0.4, -0.2) is 25.9 Å². The van der Waals surface area contributed by atoms with Crippen LogP contribution < -0.4 is 0 Å². The summed E-state index contributed by atoms with van der Waals surface area (Å²) in [5, 5.41) is 0. The molecule has 0 aliphatic carbocycles. The van der Waals surface area contributed by atoms with Gasteiger partial charge in [-0.05, 0) is 19.4 Å². The van der Waals surface area contributed by atoms with E-state index in [1.807, 2.05) is 4.81 Å². The van der Waals surface area contributed by atoms with Crippen LogP contribution in [-0.2, 0) is 0 Å². The highest BCUT2D eigenvalue weighted by atomic mass is 15.0. The summed E-state index contributed by atoms with van der Waals surface area (Å²) in [5.74, 6) is 0. The van der Waals surface area contributed by atoms with Gasteiger partial charge in [-0.1, -0.05) is 18.6 Å². The molecule has 0 saturated carbocycles. The van der Waals surface area contributed by atoms with Crippen molar-refractivity contribution in [1.82, 2.24) is 4.81 Å². The van der Waals surface area contributed by atoms with Gasteiger partial charge < -0.3 is 4.81 Å². The molecular weight excluding hydrogens is 109 g/mol. The lowest BCUT2D eigenvalue weighted by atomic mass is 10.0. The quantitative estimate of drug-likeness (QED) is 0.371. The van der Waals surface area contributed by atoms with E-state index in [1.165, 1.54) is 6.42 Å². The van der Waals surface area contributed by atoms with E-state index in [9.17, 15) is 0 Å². The number of rotatable bonds is 1. The summed E-state index contributed by atoms with van der Waals surface area (Å²) in [6.07, 6.45) is 4.57. The monoisotopic (exact) mass is 121 g/mol. The van der Waals surface area contributed by atoms with Gasteiger partial charge >= 0.3 is 0 Å². The highest BCUT2D eigenvalue weighted by Crippen LogP contribution is 2.11. The van der Waals surface area contributed by atoms with Crippen molar-refractivity contribution >= 4 is 7.98 Å². The van der Waals surface area contributed by atoms with E-state index in [-0.39, 0.29) is 0 Å². The van der Waals surface area contributed by atoms with E-state index < -0.39 is 0 Å². The van der Waals surface area contributed by atoms with Crippen LogP contribution in [0.25, 0.3) is 0 Å². The topological polar surface area (TPSA) is 3.24 Å². The predicted octanol–water partition coefficient (Wildman–Crippen LogP) is 1.11. The van der Waals surface area contributed by atoms with Crippen LogP contribution in [0.3, 0.4) is 0 Å². The molecule has 0 aromatic heterocycles. The van der Waals surface area contributed by atoms with E-state index in [0.717, 1.165) is 19.5 Å². The van der Waals surface area contributed by atoms with Crippen molar-refractivity contribution in [1.29, 1.82) is 0 Å². The van der Waals surface area contributed by atoms with Crippen LogP contribution in [0.5, 0.6) is 0 Å². The largest absolute Gasteiger partial charge is 0.350 e. The second-order valence-electron chi connectivity index (χ2n) is 2.46. The van der Waals surface area contributed by atoms with Crippen molar-refractivity contribution in [3.63, 3.8) is 0 Å². The van der Waals surface area contributed by atoms with Crippen LogP contribution in [0.2, 0.25) is 0 Å². The average molecular weight is 121 g/mol. The highest BCUT2D eigenvalue weighted by molar-refractivity contribution is 6.04. The van der Waals surface area contributed by atoms with Gasteiger partial charge in [0, 0.05) is 6.54 Å². The van der Waals surface area contributed by atoms with Crippen molar-refractivity contribution in [2.75, 3.05) is 13.1 Å². The van der Waals surface area contributed by atoms with Gasteiger partial charge in [-0.2, -0.15) is 0 Å². The zero-order valence-electron chi connectivity index (χ0n) is 5.93. The lowest BCUT2D eigenvalue weighted by Crippen LogP contribution is -2.25. The molecule has 0 spiro atoms. The summed E-state index contributed by atoms with van der Waals surface area (Å²) in [6, 6.07) is 0. The molecule has 2 heteroatoms. The second kappa shape index (κ2) is 3.07. The third kappa shape index (κ3) is 1.86. The van der Waals surface area contributed by atoms with Crippen molar-refractivity contribution in [2.45, 2.75) is 19.8 Å². The standard InChI is InChI=1S/C7H12BN/c1-2-7-3-5-9(8)6-4-7/h3H,2,4-6H2,1H3. The van der Waals surface area contributed by atoms with Crippen molar-refractivity contribution in [3.05, 3.63) is 11.6 Å². The normalized spacial score (nSPS) is 21.7. The summed E-state index contributed by atoms with van der Waals surface area (Å²) in [7, 11) is 5.54. The molecule has 0 aromatic rings. The SMILES string of the molecule is [B]N1CC=C(CC)CC1. The summed E-state index contributed by atoms with van der Waals surface area (Å²) in [6.45, 7) is 4.15. The maximum Gasteiger partial charge on any atom is 0.182 e. The van der Waals surface area contributed by atoms with Gasteiger partial charge in [0.1, 0.15) is 0 Å². The first-order chi connectivity index (χ1) is 4.33. The maximum absolute atomic E-state index is 5.54. The van der Waals surface area contributed by atoms with Crippen LogP contribution in [0.4, 0.5) is 0 Å². The number of hydrogen-bond donors (Lipinski definition) is 0. The Labute approximate surface area is 58.2 Å². The van der Waals surface area contributed by atoms with E-state index in [1.54, 1.807) is 5.57 Å². The Kier molecular flexibility index (Phi) is 2.34. The summed E-state index contributed by atoms with van der Waals surface area (Å²) in [5.41, 5.74) is 1.55. The Morgan fingerprint density at radius 3 is 3.00 bits per heavy atom. The summed E-state index contributed by atoms with van der Waals surface area (Å²) >= 11 is 0. The number of hydrogen-bond acceptors (Lipinski definition) is 1. The molecule has 0 amide bonds. The summed E-state index contributed by atoms with van der Waals surface area (Å²) in [4.78, 5) is 1.85. The molecule has 0 saturated heterocycles. The molecule has 1 heterocycles. The molecular formula is C7H12BN. The Bertz CT molecular complexity index is 120. The molecule has 1 aliphatic heterocycles. The fourth-order valence-electron chi connectivity index (χ4n) is 1.05. The minimum atomic E-state index is 0.934. The zero-order valence-corrected chi connectivity index (χ0v) is 5.93. The van der Waals surface area contributed by atoms with Crippen molar-refractivity contribution < 1.29 is 0 Å². The molecule has 2 radical (unpaired) electrons. The van der Waals surface area contributed by atoms with Gasteiger partial charge in [0.05, 0.1) is 0 Å². The fraction of sp³-hybridized carbons (Fsp3) is 0.714. The van der Waals surface area contributed by atoms with Crippen molar-refractivity contribution in [2.24, 2.45) is 0 Å². The molecule has 0 fully saturated rings. The number of nitrogens with zero attached hydrogens (tertiary/aromatic N) is 1. The van der Waals surface area contributed by atoms with E-state index in [0.29, 0.717) is 0 Å². The molecule has 0 atom stereocenters. The van der Waals surface area contributed by atoms with Crippen LogP contribution in [0, 0.1) is 0 Å². The Balaban J connectivity index is 2.40. The summed E-state index contributed by atoms with van der Waals surface area (Å²) < 4.78 is 0. The first-order valence-electron chi connectivity index (χ1n) is 3.50. The second-order valence-corrected chi connectivity index (χ2v) is 2.46. The van der Waals surface area contributed by atoms with Gasteiger partial charge in [-0.3, -0.25) is 0 Å². The Morgan fingerprint density at radius 2 is 2.56 bits per heavy atom. The molecule has 9 heavy (non-hydrogen) atoms. The first kappa shape index (κ1) is 6.88. The van der Waals surface area contributed by atoms with Gasteiger partial charge in [0.15, 0.2) is 7.98 Å². The first-order valence-corrected chi connectivity index (χ1v) is 3.50. The van der Waals surface area contributed by atoms with E-state index in [2.05, 4.69) is 13.0 Å². The minimum absolute atomic E-state index is 0.934. The van der Waals surface area contributed by atoms with Gasteiger partial charge in [-0.15, -0.1) is 0 Å². The van der Waals surface area contributed by atoms with Crippen LogP contribution >= 0.6 is 0 Å². The van der Waals surface area contributed by atoms with Gasteiger partial charge in [0.2, 0.25) is 0 Å². The van der Waals surface area contributed by atoms with Crippen LogP contribution in [0.1, 0.15) is 19.8 Å². The molecule has 0 N–H and O–H groups in total. The zero-order chi connectivity index (χ0) is 6.69. The third-order valence-corrected chi connectivity index (χ3v) is 1.79. The maximum atomic E-state index is 5.54. The smallest absolute Gasteiger partial charge is 0.182 e. The molecule has 0 unspecified atom stereocenters. The molecule has 1 rings (SSSR count). The average Bonchev–Trinajstić information content (AvgIpc) is 1.90. The highest BCUT2D eigenvalue weighted by Gasteiger charge is 2.03. The lowest BCUT2D eigenvalue weighted by molar-refractivity contribution is 0.476. The van der Waals surface area contributed by atoms with Gasteiger partial charge in [-0.25, -0.2) is 0 Å². The molecule has 1 aliphatic rings.